The Morgan fingerprint density at radius 1 is 0.667 bits per heavy atom. The van der Waals surface area contributed by atoms with Gasteiger partial charge < -0.3 is 4.74 Å². The Bertz CT molecular complexity index is 388. The minimum Gasteiger partial charge on any atom is -0.322 e. The van der Waals surface area contributed by atoms with Crippen molar-refractivity contribution in [2.24, 2.45) is 0 Å². The summed E-state index contributed by atoms with van der Waals surface area (Å²) in [6.07, 6.45) is 0. The molecule has 18 heavy (non-hydrogen) atoms. The summed E-state index contributed by atoms with van der Waals surface area (Å²) in [5.74, 6) is -23.6. The maximum absolute atomic E-state index is 13.1. The molecule has 1 atom stereocenters. The zero-order valence-electron chi connectivity index (χ0n) is 8.22. The maximum atomic E-state index is 13.1. The molecule has 11 heteroatoms. The molecule has 106 valence electrons. The Morgan fingerprint density at radius 3 is 1.33 bits per heavy atom. The van der Waals surface area contributed by atoms with Crippen molar-refractivity contribution >= 4 is 0 Å². The molecule has 2 fully saturated rings. The number of rotatable bonds is 1. The number of ether oxygens (including phenoxy) is 2. The molecule has 0 bridgehead atoms. The van der Waals surface area contributed by atoms with Gasteiger partial charge in [-0.3, -0.25) is 4.74 Å². The smallest absolute Gasteiger partial charge is 0.322 e. The third kappa shape index (κ3) is 0.805. The van der Waals surface area contributed by atoms with E-state index in [1.54, 1.807) is 0 Å². The van der Waals surface area contributed by atoms with Gasteiger partial charge in [0.1, 0.15) is 0 Å². The predicted molar refractivity (Wildman–Crippen MR) is 34.5 cm³/mol. The summed E-state index contributed by atoms with van der Waals surface area (Å²) in [5.41, 5.74) is -5.25. The monoisotopic (exact) mass is 290 g/mol. The normalized spacial score (nSPS) is 41.0. The summed E-state index contributed by atoms with van der Waals surface area (Å²) in [6, 6.07) is -4.60. The molecule has 1 unspecified atom stereocenters. The lowest BCUT2D eigenvalue weighted by Crippen LogP contribution is -3.00. The predicted octanol–water partition coefficient (Wildman–Crippen LogP) is 2.58. The van der Waals surface area contributed by atoms with Crippen molar-refractivity contribution in [2.45, 2.75) is 35.3 Å². The molecular formula is C7H3F9O2. The van der Waals surface area contributed by atoms with Crippen LogP contribution in [0.4, 0.5) is 39.5 Å². The van der Waals surface area contributed by atoms with Crippen LogP contribution < -0.4 is 0 Å². The van der Waals surface area contributed by atoms with Gasteiger partial charge >= 0.3 is 29.7 Å². The van der Waals surface area contributed by atoms with Crippen molar-refractivity contribution in [3.8, 4) is 0 Å². The molecule has 0 amide bonds. The molecule has 2 aliphatic rings. The molecule has 1 spiro atoms. The molecule has 1 saturated carbocycles. The first-order valence-corrected chi connectivity index (χ1v) is 4.22. The maximum Gasteiger partial charge on any atom is 0.390 e. The first-order chi connectivity index (χ1) is 7.77. The molecule has 1 aliphatic carbocycles. The number of halogens is 9. The fourth-order valence-corrected chi connectivity index (χ4v) is 1.96. The average molecular weight is 290 g/mol. The van der Waals surface area contributed by atoms with Crippen LogP contribution >= 0.6 is 0 Å². The standard InChI is InChI=1S/C7H3F9O2/c1-17-7(16)5(12,13)2(18-7)3(8,9)6(14,15)4(2,10)11/h1H3. The van der Waals surface area contributed by atoms with Gasteiger partial charge in [-0.05, 0) is 0 Å². The zero-order chi connectivity index (χ0) is 14.4. The fraction of sp³-hybridized carbons (Fsp3) is 1.00. The zero-order valence-corrected chi connectivity index (χ0v) is 8.22. The van der Waals surface area contributed by atoms with E-state index in [9.17, 15) is 39.5 Å². The molecule has 2 nitrogen and oxygen atoms in total. The van der Waals surface area contributed by atoms with Crippen molar-refractivity contribution in [1.82, 2.24) is 0 Å². The molecular weight excluding hydrogens is 287 g/mol. The van der Waals surface area contributed by atoms with Crippen LogP contribution in [0.15, 0.2) is 0 Å². The minimum absolute atomic E-state index is 0.216. The van der Waals surface area contributed by atoms with E-state index in [0.717, 1.165) is 0 Å². The Kier molecular flexibility index (Phi) is 2.09. The summed E-state index contributed by atoms with van der Waals surface area (Å²) in [4.78, 5) is 0. The van der Waals surface area contributed by atoms with Crippen LogP contribution in [0.1, 0.15) is 0 Å². The highest BCUT2D eigenvalue weighted by Crippen LogP contribution is 2.79. The molecule has 1 heterocycles. The van der Waals surface area contributed by atoms with E-state index in [0.29, 0.717) is 0 Å². The molecule has 0 N–H and O–H groups in total. The number of hydrogen-bond donors (Lipinski definition) is 0. The average Bonchev–Trinajstić information content (AvgIpc) is 2.23. The van der Waals surface area contributed by atoms with Gasteiger partial charge in [0, 0.05) is 7.11 Å². The first kappa shape index (κ1) is 13.7. The Labute approximate surface area is 92.6 Å². The first-order valence-electron chi connectivity index (χ1n) is 4.22. The number of methoxy groups -OCH3 is 1. The molecule has 0 aromatic heterocycles. The number of alkyl halides is 9. The van der Waals surface area contributed by atoms with E-state index in [1.165, 1.54) is 0 Å². The third-order valence-corrected chi connectivity index (χ3v) is 3.04. The van der Waals surface area contributed by atoms with Gasteiger partial charge in [0.25, 0.3) is 5.60 Å². The highest BCUT2D eigenvalue weighted by atomic mass is 19.4. The van der Waals surface area contributed by atoms with Crippen molar-refractivity contribution in [2.75, 3.05) is 7.11 Å². The lowest BCUT2D eigenvalue weighted by Gasteiger charge is -2.67. The van der Waals surface area contributed by atoms with Gasteiger partial charge in [0.05, 0.1) is 0 Å². The summed E-state index contributed by atoms with van der Waals surface area (Å²) in [5, 5.41) is 0. The highest BCUT2D eigenvalue weighted by Gasteiger charge is 3.13. The second-order valence-electron chi connectivity index (χ2n) is 3.82. The van der Waals surface area contributed by atoms with Gasteiger partial charge in [0.2, 0.25) is 0 Å². The second-order valence-corrected chi connectivity index (χ2v) is 3.82. The van der Waals surface area contributed by atoms with Crippen molar-refractivity contribution in [1.29, 1.82) is 0 Å². The molecule has 2 rings (SSSR count). The Morgan fingerprint density at radius 2 is 1.06 bits per heavy atom. The van der Waals surface area contributed by atoms with Gasteiger partial charge in [0.15, 0.2) is 0 Å². The summed E-state index contributed by atoms with van der Waals surface area (Å²) < 4.78 is 122. The molecule has 0 aromatic carbocycles. The van der Waals surface area contributed by atoms with Gasteiger partial charge in [-0.2, -0.15) is 39.5 Å². The molecule has 0 aromatic rings. The van der Waals surface area contributed by atoms with Crippen LogP contribution in [-0.2, 0) is 9.47 Å². The summed E-state index contributed by atoms with van der Waals surface area (Å²) >= 11 is 0. The summed E-state index contributed by atoms with van der Waals surface area (Å²) in [6.45, 7) is 0. The van der Waals surface area contributed by atoms with Crippen molar-refractivity contribution < 1.29 is 49.0 Å². The van der Waals surface area contributed by atoms with E-state index >= 15 is 0 Å². The van der Waals surface area contributed by atoms with E-state index in [-0.39, 0.29) is 7.11 Å². The topological polar surface area (TPSA) is 18.5 Å². The van der Waals surface area contributed by atoms with Crippen LogP contribution in [0.25, 0.3) is 0 Å². The van der Waals surface area contributed by atoms with Crippen LogP contribution in [0, 0.1) is 0 Å². The highest BCUT2D eigenvalue weighted by molar-refractivity contribution is 5.37. The fourth-order valence-electron chi connectivity index (χ4n) is 1.96. The molecule has 1 saturated heterocycles. The van der Waals surface area contributed by atoms with Gasteiger partial charge in [-0.15, -0.1) is 0 Å². The summed E-state index contributed by atoms with van der Waals surface area (Å²) in [7, 11) is 0.216. The largest absolute Gasteiger partial charge is 0.390 e. The minimum atomic E-state index is -6.07. The van der Waals surface area contributed by atoms with Crippen LogP contribution in [-0.4, -0.2) is 42.4 Å². The van der Waals surface area contributed by atoms with E-state index in [2.05, 4.69) is 9.47 Å². The molecule has 0 radical (unpaired) electrons. The van der Waals surface area contributed by atoms with Crippen LogP contribution in [0.2, 0.25) is 0 Å². The lowest BCUT2D eigenvalue weighted by molar-refractivity contribution is -0.658. The van der Waals surface area contributed by atoms with Crippen LogP contribution in [0.5, 0.6) is 0 Å². The van der Waals surface area contributed by atoms with E-state index in [1.807, 2.05) is 0 Å². The molecule has 1 aliphatic heterocycles. The van der Waals surface area contributed by atoms with Crippen molar-refractivity contribution in [3.05, 3.63) is 0 Å². The quantitative estimate of drug-likeness (QED) is 0.691. The van der Waals surface area contributed by atoms with E-state index < -0.39 is 35.3 Å². The number of hydrogen-bond acceptors (Lipinski definition) is 2. The van der Waals surface area contributed by atoms with Crippen LogP contribution in [0.3, 0.4) is 0 Å². The van der Waals surface area contributed by atoms with Gasteiger partial charge in [-0.25, -0.2) is 0 Å². The van der Waals surface area contributed by atoms with E-state index in [4.69, 9.17) is 0 Å². The second kappa shape index (κ2) is 2.74. The Balaban J connectivity index is 2.55. The lowest BCUT2D eigenvalue weighted by atomic mass is 9.60. The van der Waals surface area contributed by atoms with Crippen molar-refractivity contribution in [3.63, 3.8) is 0 Å². The third-order valence-electron chi connectivity index (χ3n) is 3.04. The SMILES string of the molecule is COC1(F)OC2(C1(F)F)C(F)(F)C(F)(F)C2(F)F. The Hall–Kier alpha value is -0.710. The van der Waals surface area contributed by atoms with Gasteiger partial charge in [-0.1, -0.05) is 0 Å².